The largest absolute Gasteiger partial charge is 0.372 e. The number of pyridine rings is 1. The predicted molar refractivity (Wildman–Crippen MR) is 57.0 cm³/mol. The number of hydrogen-bond acceptors (Lipinski definition) is 2. The summed E-state index contributed by atoms with van der Waals surface area (Å²) in [6.45, 7) is 6.12. The fraction of sp³-hybridized carbons (Fsp3) is 0.545. The number of rotatable bonds is 5. The normalized spacial score (nSPS) is 10.2. The Morgan fingerprint density at radius 3 is 2.79 bits per heavy atom. The van der Waals surface area contributed by atoms with E-state index in [0.29, 0.717) is 0 Å². The van der Waals surface area contributed by atoms with Crippen LogP contribution in [0.2, 0.25) is 0 Å². The van der Waals surface area contributed by atoms with E-state index in [0.717, 1.165) is 31.6 Å². The van der Waals surface area contributed by atoms with Gasteiger partial charge in [-0.3, -0.25) is 0 Å². The Morgan fingerprint density at radius 2 is 2.21 bits per heavy atom. The van der Waals surface area contributed by atoms with Gasteiger partial charge in [0, 0.05) is 31.0 Å². The molecule has 0 atom stereocenters. The summed E-state index contributed by atoms with van der Waals surface area (Å²) in [5.41, 5.74) is 0.924. The molecule has 0 saturated carbocycles. The molecule has 1 aromatic rings. The first kappa shape index (κ1) is 11.0. The van der Waals surface area contributed by atoms with Gasteiger partial charge in [0.05, 0.1) is 0 Å². The third-order valence-electron chi connectivity index (χ3n) is 2.24. The molecule has 1 aromatic heterocycles. The summed E-state index contributed by atoms with van der Waals surface area (Å²) >= 11 is 0. The van der Waals surface area contributed by atoms with Crippen LogP contribution in [0.3, 0.4) is 0 Å². The molecule has 0 spiro atoms. The molecule has 0 amide bonds. The molecule has 0 saturated heterocycles. The molecule has 14 heavy (non-hydrogen) atoms. The predicted octanol–water partition coefficient (Wildman–Crippen LogP) is 2.85. The van der Waals surface area contributed by atoms with Gasteiger partial charge in [-0.2, -0.15) is 4.39 Å². The molecule has 3 heteroatoms. The maximum Gasteiger partial charge on any atom is 0.214 e. The van der Waals surface area contributed by atoms with E-state index < -0.39 is 5.95 Å². The van der Waals surface area contributed by atoms with E-state index in [1.54, 1.807) is 0 Å². The Bertz CT molecular complexity index is 276. The van der Waals surface area contributed by atoms with Gasteiger partial charge in [0.25, 0.3) is 0 Å². The van der Waals surface area contributed by atoms with Crippen molar-refractivity contribution in [3.05, 3.63) is 24.3 Å². The fourth-order valence-electron chi connectivity index (χ4n) is 1.41. The molecule has 0 aliphatic heterocycles. The second kappa shape index (κ2) is 5.58. The van der Waals surface area contributed by atoms with Crippen LogP contribution in [0, 0.1) is 5.95 Å². The Balaban J connectivity index is 2.68. The molecule has 0 aliphatic carbocycles. The van der Waals surface area contributed by atoms with Gasteiger partial charge in [-0.15, -0.1) is 0 Å². The molecule has 78 valence electrons. The topological polar surface area (TPSA) is 16.1 Å². The third kappa shape index (κ3) is 2.98. The van der Waals surface area contributed by atoms with Crippen molar-refractivity contribution < 1.29 is 4.39 Å². The van der Waals surface area contributed by atoms with E-state index in [1.165, 1.54) is 12.3 Å². The molecular formula is C11H17FN2. The number of nitrogens with zero attached hydrogens (tertiary/aromatic N) is 2. The number of anilines is 1. The summed E-state index contributed by atoms with van der Waals surface area (Å²) in [6, 6.07) is 3.33. The third-order valence-corrected chi connectivity index (χ3v) is 2.24. The highest BCUT2D eigenvalue weighted by atomic mass is 19.1. The molecule has 1 rings (SSSR count). The highest BCUT2D eigenvalue weighted by Gasteiger charge is 2.04. The minimum atomic E-state index is -0.405. The maximum absolute atomic E-state index is 12.8. The number of hydrogen-bond donors (Lipinski definition) is 0. The summed E-state index contributed by atoms with van der Waals surface area (Å²) in [6.07, 6.45) is 3.81. The summed E-state index contributed by atoms with van der Waals surface area (Å²) in [7, 11) is 0. The zero-order chi connectivity index (χ0) is 10.4. The monoisotopic (exact) mass is 196 g/mol. The Hall–Kier alpha value is -1.12. The molecule has 1 heterocycles. The Labute approximate surface area is 84.8 Å². The molecule has 0 bridgehead atoms. The molecule has 0 unspecified atom stereocenters. The van der Waals surface area contributed by atoms with Crippen LogP contribution in [0.15, 0.2) is 18.3 Å². The van der Waals surface area contributed by atoms with Gasteiger partial charge in [-0.1, -0.05) is 13.3 Å². The van der Waals surface area contributed by atoms with Gasteiger partial charge in [0.1, 0.15) is 0 Å². The van der Waals surface area contributed by atoms with Gasteiger partial charge < -0.3 is 4.90 Å². The van der Waals surface area contributed by atoms with Crippen molar-refractivity contribution in [1.82, 2.24) is 4.98 Å². The lowest BCUT2D eigenvalue weighted by Gasteiger charge is -2.22. The smallest absolute Gasteiger partial charge is 0.214 e. The van der Waals surface area contributed by atoms with Crippen LogP contribution in [0.5, 0.6) is 0 Å². The molecule has 0 fully saturated rings. The van der Waals surface area contributed by atoms with E-state index in [4.69, 9.17) is 0 Å². The van der Waals surface area contributed by atoms with E-state index in [1.807, 2.05) is 6.07 Å². The highest BCUT2D eigenvalue weighted by Crippen LogP contribution is 2.14. The lowest BCUT2D eigenvalue weighted by molar-refractivity contribution is 0.582. The minimum Gasteiger partial charge on any atom is -0.372 e. The van der Waals surface area contributed by atoms with Crippen LogP contribution >= 0.6 is 0 Å². The summed E-state index contributed by atoms with van der Waals surface area (Å²) in [5, 5.41) is 0. The molecule has 0 N–H and O–H groups in total. The van der Waals surface area contributed by atoms with Gasteiger partial charge in [0.2, 0.25) is 5.95 Å². The zero-order valence-corrected chi connectivity index (χ0v) is 8.83. The fourth-order valence-corrected chi connectivity index (χ4v) is 1.41. The summed E-state index contributed by atoms with van der Waals surface area (Å²) < 4.78 is 12.8. The summed E-state index contributed by atoms with van der Waals surface area (Å²) in [4.78, 5) is 5.70. The van der Waals surface area contributed by atoms with E-state index >= 15 is 0 Å². The minimum absolute atomic E-state index is 0.405. The van der Waals surface area contributed by atoms with Crippen molar-refractivity contribution >= 4 is 5.69 Å². The Kier molecular flexibility index (Phi) is 4.36. The number of halogens is 1. The standard InChI is InChI=1S/C11H17FN2/c1-3-5-8-14(4-2)10-6-7-13-11(12)9-10/h6-7,9H,3-5,8H2,1-2H3. The van der Waals surface area contributed by atoms with Crippen molar-refractivity contribution in [2.45, 2.75) is 26.7 Å². The van der Waals surface area contributed by atoms with Crippen LogP contribution in [0.1, 0.15) is 26.7 Å². The van der Waals surface area contributed by atoms with Crippen LogP contribution in [-0.4, -0.2) is 18.1 Å². The average Bonchev–Trinajstić information content (AvgIpc) is 2.19. The van der Waals surface area contributed by atoms with Crippen LogP contribution in [-0.2, 0) is 0 Å². The van der Waals surface area contributed by atoms with Gasteiger partial charge in [-0.25, -0.2) is 4.98 Å². The van der Waals surface area contributed by atoms with Crippen molar-refractivity contribution in [3.8, 4) is 0 Å². The van der Waals surface area contributed by atoms with Gasteiger partial charge >= 0.3 is 0 Å². The van der Waals surface area contributed by atoms with E-state index in [2.05, 4.69) is 23.7 Å². The lowest BCUT2D eigenvalue weighted by Crippen LogP contribution is -2.23. The van der Waals surface area contributed by atoms with Crippen molar-refractivity contribution in [1.29, 1.82) is 0 Å². The molecule has 2 nitrogen and oxygen atoms in total. The first-order chi connectivity index (χ1) is 6.77. The molecular weight excluding hydrogens is 179 g/mol. The van der Waals surface area contributed by atoms with Crippen LogP contribution in [0.25, 0.3) is 0 Å². The van der Waals surface area contributed by atoms with Crippen molar-refractivity contribution in [2.75, 3.05) is 18.0 Å². The molecule has 0 radical (unpaired) electrons. The Morgan fingerprint density at radius 1 is 1.43 bits per heavy atom. The van der Waals surface area contributed by atoms with Crippen molar-refractivity contribution in [2.24, 2.45) is 0 Å². The SMILES string of the molecule is CCCCN(CC)c1ccnc(F)c1. The van der Waals surface area contributed by atoms with E-state index in [-0.39, 0.29) is 0 Å². The van der Waals surface area contributed by atoms with Gasteiger partial charge in [0.15, 0.2) is 0 Å². The average molecular weight is 196 g/mol. The van der Waals surface area contributed by atoms with Crippen LogP contribution in [0.4, 0.5) is 10.1 Å². The zero-order valence-electron chi connectivity index (χ0n) is 8.83. The lowest BCUT2D eigenvalue weighted by atomic mass is 10.3. The van der Waals surface area contributed by atoms with E-state index in [9.17, 15) is 4.39 Å². The summed E-state index contributed by atoms with van der Waals surface area (Å²) in [5.74, 6) is -0.405. The number of aromatic nitrogens is 1. The maximum atomic E-state index is 12.8. The van der Waals surface area contributed by atoms with Crippen LogP contribution < -0.4 is 4.90 Å². The first-order valence-electron chi connectivity index (χ1n) is 5.14. The molecule has 0 aliphatic rings. The van der Waals surface area contributed by atoms with Crippen molar-refractivity contribution in [3.63, 3.8) is 0 Å². The second-order valence-corrected chi connectivity index (χ2v) is 3.27. The molecule has 0 aromatic carbocycles. The first-order valence-corrected chi connectivity index (χ1v) is 5.14. The number of unbranched alkanes of at least 4 members (excludes halogenated alkanes) is 1. The quantitative estimate of drug-likeness (QED) is 0.673. The highest BCUT2D eigenvalue weighted by molar-refractivity contribution is 5.44. The second-order valence-electron chi connectivity index (χ2n) is 3.27. The van der Waals surface area contributed by atoms with Gasteiger partial charge in [-0.05, 0) is 19.4 Å².